The third kappa shape index (κ3) is 4.44. The van der Waals surface area contributed by atoms with Gasteiger partial charge in [0.2, 0.25) is 10.0 Å². The van der Waals surface area contributed by atoms with Gasteiger partial charge >= 0.3 is 6.18 Å². The summed E-state index contributed by atoms with van der Waals surface area (Å²) in [5.41, 5.74) is -1.54. The van der Waals surface area contributed by atoms with E-state index in [0.29, 0.717) is 25.0 Å². The number of nitrogens with one attached hydrogen (secondary N) is 1. The summed E-state index contributed by atoms with van der Waals surface area (Å²) in [6.45, 7) is 1.59. The monoisotopic (exact) mass is 593 g/mol. The van der Waals surface area contributed by atoms with Gasteiger partial charge in [0.25, 0.3) is 0 Å². The maximum atomic E-state index is 15.6. The van der Waals surface area contributed by atoms with E-state index in [-0.39, 0.29) is 25.9 Å². The summed E-state index contributed by atoms with van der Waals surface area (Å²) in [7, 11) is -8.33. The van der Waals surface area contributed by atoms with Gasteiger partial charge in [-0.2, -0.15) is 13.2 Å². The fraction of sp³-hybridized carbons (Fsp3) is 0.538. The van der Waals surface area contributed by atoms with Crippen molar-refractivity contribution in [3.05, 3.63) is 59.2 Å². The lowest BCUT2D eigenvalue weighted by Gasteiger charge is -2.55. The number of halogens is 5. The minimum Gasteiger partial charge on any atom is -0.490 e. The molecule has 0 bridgehead atoms. The highest BCUT2D eigenvalue weighted by Gasteiger charge is 2.64. The highest BCUT2D eigenvalue weighted by molar-refractivity contribution is 7.92. The third-order valence-electron chi connectivity index (χ3n) is 8.49. The molecular weight excluding hydrogens is 565 g/mol. The molecule has 2 aliphatic heterocycles. The number of sulfone groups is 1. The van der Waals surface area contributed by atoms with Crippen molar-refractivity contribution in [1.82, 2.24) is 4.72 Å². The first-order valence-electron chi connectivity index (χ1n) is 12.8. The molecule has 13 heteroatoms. The van der Waals surface area contributed by atoms with Crippen LogP contribution in [-0.4, -0.2) is 34.7 Å². The molecule has 0 aromatic heterocycles. The Morgan fingerprint density at radius 2 is 1.74 bits per heavy atom. The van der Waals surface area contributed by atoms with Crippen molar-refractivity contribution < 1.29 is 43.5 Å². The quantitative estimate of drug-likeness (QED) is 0.474. The highest BCUT2D eigenvalue weighted by Crippen LogP contribution is 2.59. The second kappa shape index (κ2) is 9.69. The summed E-state index contributed by atoms with van der Waals surface area (Å²) in [4.78, 5) is -0.464. The Kier molecular flexibility index (Phi) is 7.03. The minimum atomic E-state index is -4.70. The van der Waals surface area contributed by atoms with Gasteiger partial charge in [-0.05, 0) is 68.0 Å². The Labute approximate surface area is 223 Å². The molecule has 5 atom stereocenters. The van der Waals surface area contributed by atoms with E-state index in [4.69, 9.17) is 4.74 Å². The van der Waals surface area contributed by atoms with E-state index in [0.717, 1.165) is 30.7 Å². The van der Waals surface area contributed by atoms with E-state index in [9.17, 15) is 34.4 Å². The van der Waals surface area contributed by atoms with Crippen LogP contribution in [0.1, 0.15) is 56.6 Å². The van der Waals surface area contributed by atoms with Gasteiger partial charge in [-0.3, -0.25) is 0 Å². The van der Waals surface area contributed by atoms with Gasteiger partial charge in [0.1, 0.15) is 10.6 Å². The van der Waals surface area contributed by atoms with Crippen molar-refractivity contribution in [3.8, 4) is 5.75 Å². The zero-order valence-electron chi connectivity index (χ0n) is 21.0. The Bertz CT molecular complexity index is 1480. The van der Waals surface area contributed by atoms with Gasteiger partial charge < -0.3 is 4.74 Å². The zero-order chi connectivity index (χ0) is 28.4. The van der Waals surface area contributed by atoms with Crippen LogP contribution in [0.4, 0.5) is 22.0 Å². The standard InChI is InChI=1S/C26H28F5NO5S2/c1-2-3-4-17-13-18-19-14-37-24-21(28)10-9-20(27)23(24)25(19,12-11-22(18)32-39(17,35)36)38(33,34)16-7-5-15(6-8-16)26(29,30)31/h5-10,17-19,22,32H,2-4,11-14H2,1H3/t17-,18?,19+,22-,25+/m1/s1. The maximum absolute atomic E-state index is 15.6. The summed E-state index contributed by atoms with van der Waals surface area (Å²) in [5.74, 6) is -4.09. The van der Waals surface area contributed by atoms with E-state index in [2.05, 4.69) is 4.72 Å². The number of hydrogen-bond donors (Lipinski definition) is 1. The Morgan fingerprint density at radius 1 is 1.08 bits per heavy atom. The molecule has 1 unspecified atom stereocenters. The zero-order valence-corrected chi connectivity index (χ0v) is 22.6. The molecule has 0 spiro atoms. The van der Waals surface area contributed by atoms with Crippen LogP contribution in [0.25, 0.3) is 0 Å². The molecular formula is C26H28F5NO5S2. The van der Waals surface area contributed by atoms with Crippen molar-refractivity contribution in [2.24, 2.45) is 11.8 Å². The van der Waals surface area contributed by atoms with Crippen LogP contribution < -0.4 is 9.46 Å². The molecule has 1 saturated carbocycles. The number of rotatable bonds is 5. The predicted octanol–water partition coefficient (Wildman–Crippen LogP) is 5.32. The van der Waals surface area contributed by atoms with Gasteiger partial charge in [0, 0.05) is 12.0 Å². The van der Waals surface area contributed by atoms with Crippen molar-refractivity contribution in [1.29, 1.82) is 0 Å². The molecule has 3 aliphatic rings. The summed E-state index contributed by atoms with van der Waals surface area (Å²) in [6.07, 6.45) is -3.14. The smallest absolute Gasteiger partial charge is 0.416 e. The molecule has 2 aromatic carbocycles. The molecule has 39 heavy (non-hydrogen) atoms. The fourth-order valence-corrected chi connectivity index (χ4v) is 10.9. The molecule has 1 N–H and O–H groups in total. The summed E-state index contributed by atoms with van der Waals surface area (Å²) in [5, 5.41) is -0.804. The lowest BCUT2D eigenvalue weighted by Crippen LogP contribution is -2.63. The fourth-order valence-electron chi connectivity index (χ4n) is 6.62. The van der Waals surface area contributed by atoms with Crippen molar-refractivity contribution in [2.75, 3.05) is 6.61 Å². The SMILES string of the molecule is CCCC[C@@H]1CC2[C@@H](CC[C@@]3(S(=O)(=O)c4ccc(C(F)(F)F)cc4)c4c(F)ccc(F)c4OC[C@@H]23)NS1(=O)=O. The Hall–Kier alpha value is -2.25. The predicted molar refractivity (Wildman–Crippen MR) is 132 cm³/mol. The van der Waals surface area contributed by atoms with E-state index in [1.165, 1.54) is 0 Å². The summed E-state index contributed by atoms with van der Waals surface area (Å²) < 4.78 is 131. The highest BCUT2D eigenvalue weighted by atomic mass is 32.2. The average Bonchev–Trinajstić information content (AvgIpc) is 2.88. The Balaban J connectivity index is 1.68. The summed E-state index contributed by atoms with van der Waals surface area (Å²) >= 11 is 0. The van der Waals surface area contributed by atoms with Gasteiger partial charge in [-0.15, -0.1) is 0 Å². The molecule has 6 nitrogen and oxygen atoms in total. The average molecular weight is 594 g/mol. The number of alkyl halides is 3. The molecule has 2 heterocycles. The number of unbranched alkanes of at least 4 members (excludes halogenated alkanes) is 1. The van der Waals surface area contributed by atoms with Crippen LogP contribution in [-0.2, 0) is 30.8 Å². The minimum absolute atomic E-state index is 0.0101. The molecule has 5 rings (SSSR count). The number of ether oxygens (including phenoxy) is 1. The van der Waals surface area contributed by atoms with Crippen LogP contribution in [0.3, 0.4) is 0 Å². The first-order chi connectivity index (χ1) is 18.2. The van der Waals surface area contributed by atoms with Crippen LogP contribution in [0.2, 0.25) is 0 Å². The number of sulfonamides is 1. The van der Waals surface area contributed by atoms with Crippen LogP contribution in [0.5, 0.6) is 5.75 Å². The third-order valence-corrected chi connectivity index (χ3v) is 13.0. The van der Waals surface area contributed by atoms with E-state index in [1.54, 1.807) is 0 Å². The van der Waals surface area contributed by atoms with Crippen molar-refractivity contribution in [2.45, 2.75) is 72.6 Å². The molecule has 0 radical (unpaired) electrons. The van der Waals surface area contributed by atoms with Crippen LogP contribution >= 0.6 is 0 Å². The van der Waals surface area contributed by atoms with Crippen molar-refractivity contribution in [3.63, 3.8) is 0 Å². The second-order valence-corrected chi connectivity index (χ2v) is 14.7. The maximum Gasteiger partial charge on any atom is 0.416 e. The lowest BCUT2D eigenvalue weighted by atomic mass is 9.64. The molecule has 0 amide bonds. The first kappa shape index (κ1) is 28.3. The number of benzene rings is 2. The number of fused-ring (bicyclic) bond motifs is 5. The topological polar surface area (TPSA) is 89.5 Å². The largest absolute Gasteiger partial charge is 0.490 e. The molecule has 1 saturated heterocycles. The van der Waals surface area contributed by atoms with Gasteiger partial charge in [-0.25, -0.2) is 30.3 Å². The van der Waals surface area contributed by atoms with Gasteiger partial charge in [-0.1, -0.05) is 19.8 Å². The number of hydrogen-bond acceptors (Lipinski definition) is 5. The van der Waals surface area contributed by atoms with Crippen LogP contribution in [0.15, 0.2) is 41.3 Å². The molecule has 2 aromatic rings. The first-order valence-corrected chi connectivity index (χ1v) is 15.8. The van der Waals surface area contributed by atoms with E-state index in [1.807, 2.05) is 6.92 Å². The second-order valence-electron chi connectivity index (χ2n) is 10.5. The Morgan fingerprint density at radius 3 is 2.38 bits per heavy atom. The van der Waals surface area contributed by atoms with Crippen LogP contribution in [0, 0.1) is 23.5 Å². The van der Waals surface area contributed by atoms with Crippen molar-refractivity contribution >= 4 is 19.9 Å². The van der Waals surface area contributed by atoms with E-state index < -0.39 is 87.3 Å². The lowest BCUT2D eigenvalue weighted by molar-refractivity contribution is -0.137. The van der Waals surface area contributed by atoms with Gasteiger partial charge in [0.05, 0.1) is 27.9 Å². The molecule has 2 fully saturated rings. The molecule has 1 aliphatic carbocycles. The molecule has 214 valence electrons. The van der Waals surface area contributed by atoms with E-state index >= 15 is 4.39 Å². The summed E-state index contributed by atoms with van der Waals surface area (Å²) in [6, 6.07) is 3.93. The van der Waals surface area contributed by atoms with Gasteiger partial charge in [0.15, 0.2) is 21.4 Å². The normalized spacial score (nSPS) is 30.0.